The van der Waals surface area contributed by atoms with Crippen LogP contribution < -0.4 is 0 Å². The Kier molecular flexibility index (Phi) is 5.30. The highest BCUT2D eigenvalue weighted by molar-refractivity contribution is 5.49. The Bertz CT molecular complexity index is 385. The van der Waals surface area contributed by atoms with Gasteiger partial charge in [-0.3, -0.25) is 0 Å². The predicted molar refractivity (Wildman–Crippen MR) is 70.2 cm³/mol. The van der Waals surface area contributed by atoms with Gasteiger partial charge in [-0.05, 0) is 24.8 Å². The fourth-order valence-electron chi connectivity index (χ4n) is 1.73. The Morgan fingerprint density at radius 2 is 1.94 bits per heavy atom. The summed E-state index contributed by atoms with van der Waals surface area (Å²) in [5.41, 5.74) is 2.81. The summed E-state index contributed by atoms with van der Waals surface area (Å²) in [6.45, 7) is 0. The third-order valence-corrected chi connectivity index (χ3v) is 2.59. The standard InChI is InChI=1S/C15H16.H2O/c1-3-8-14(9-4-1)12-7-13-15-10-5-2-6-11-15;/h1-5,7-10,12H,6,11,13H2;1H2/b12-7+;. The Morgan fingerprint density at radius 1 is 1.12 bits per heavy atom. The van der Waals surface area contributed by atoms with Crippen molar-refractivity contribution in [1.29, 1.82) is 0 Å². The second kappa shape index (κ2) is 6.81. The van der Waals surface area contributed by atoms with Gasteiger partial charge in [0.25, 0.3) is 0 Å². The number of hydrogen-bond acceptors (Lipinski definition) is 0. The molecule has 2 rings (SSSR count). The van der Waals surface area contributed by atoms with Crippen molar-refractivity contribution >= 4 is 6.08 Å². The van der Waals surface area contributed by atoms with E-state index in [9.17, 15) is 0 Å². The third kappa shape index (κ3) is 3.87. The quantitative estimate of drug-likeness (QED) is 0.737. The third-order valence-electron chi connectivity index (χ3n) is 2.59. The largest absolute Gasteiger partial charge is 0.412 e. The molecule has 0 aromatic heterocycles. The monoisotopic (exact) mass is 214 g/mol. The van der Waals surface area contributed by atoms with Gasteiger partial charge in [0.2, 0.25) is 0 Å². The summed E-state index contributed by atoms with van der Waals surface area (Å²) in [7, 11) is 0. The molecule has 0 amide bonds. The van der Waals surface area contributed by atoms with Gasteiger partial charge in [0.1, 0.15) is 0 Å². The summed E-state index contributed by atoms with van der Waals surface area (Å²) in [4.78, 5) is 0. The molecule has 0 unspecified atom stereocenters. The molecule has 0 aliphatic heterocycles. The molecule has 0 fully saturated rings. The lowest BCUT2D eigenvalue weighted by Crippen LogP contribution is -1.84. The van der Waals surface area contributed by atoms with Gasteiger partial charge in [0.05, 0.1) is 0 Å². The van der Waals surface area contributed by atoms with E-state index in [0.717, 1.165) is 6.42 Å². The summed E-state index contributed by atoms with van der Waals surface area (Å²) < 4.78 is 0. The van der Waals surface area contributed by atoms with E-state index in [1.165, 1.54) is 24.0 Å². The van der Waals surface area contributed by atoms with E-state index in [1.807, 2.05) is 6.07 Å². The summed E-state index contributed by atoms with van der Waals surface area (Å²) >= 11 is 0. The van der Waals surface area contributed by atoms with Gasteiger partial charge in [0.15, 0.2) is 0 Å². The number of hydrogen-bond donors (Lipinski definition) is 0. The molecule has 0 bridgehead atoms. The van der Waals surface area contributed by atoms with E-state index >= 15 is 0 Å². The highest BCUT2D eigenvalue weighted by Gasteiger charge is 1.96. The average molecular weight is 214 g/mol. The van der Waals surface area contributed by atoms with Crippen molar-refractivity contribution in [3.05, 3.63) is 65.8 Å². The molecule has 1 heteroatoms. The van der Waals surface area contributed by atoms with Gasteiger partial charge < -0.3 is 5.48 Å². The molecule has 0 atom stereocenters. The molecule has 0 spiro atoms. The minimum Gasteiger partial charge on any atom is -0.412 e. The molecule has 1 aliphatic rings. The number of allylic oxidation sites excluding steroid dienone is 5. The van der Waals surface area contributed by atoms with E-state index in [2.05, 4.69) is 54.6 Å². The smallest absolute Gasteiger partial charge is 0.0132 e. The summed E-state index contributed by atoms with van der Waals surface area (Å²) in [5.74, 6) is 0. The van der Waals surface area contributed by atoms with Crippen molar-refractivity contribution < 1.29 is 5.48 Å². The normalized spacial score (nSPS) is 14.6. The molecule has 0 heterocycles. The van der Waals surface area contributed by atoms with Crippen molar-refractivity contribution in [3.8, 4) is 0 Å². The van der Waals surface area contributed by atoms with E-state index in [4.69, 9.17) is 0 Å². The summed E-state index contributed by atoms with van der Waals surface area (Å²) in [6, 6.07) is 10.5. The Hall–Kier alpha value is -1.60. The summed E-state index contributed by atoms with van der Waals surface area (Å²) in [6.07, 6.45) is 14.6. The molecule has 0 radical (unpaired) electrons. The van der Waals surface area contributed by atoms with Crippen molar-refractivity contribution in [2.75, 3.05) is 0 Å². The first-order chi connectivity index (χ1) is 7.45. The van der Waals surface area contributed by atoms with Crippen molar-refractivity contribution in [2.45, 2.75) is 19.3 Å². The van der Waals surface area contributed by atoms with Gasteiger partial charge in [-0.2, -0.15) is 0 Å². The zero-order valence-corrected chi connectivity index (χ0v) is 9.39. The molecular weight excluding hydrogens is 196 g/mol. The van der Waals surface area contributed by atoms with E-state index in [1.54, 1.807) is 0 Å². The minimum absolute atomic E-state index is 0. The lowest BCUT2D eigenvalue weighted by atomic mass is 10.0. The van der Waals surface area contributed by atoms with E-state index in [0.29, 0.717) is 0 Å². The van der Waals surface area contributed by atoms with Gasteiger partial charge >= 0.3 is 0 Å². The Labute approximate surface area is 97.1 Å². The van der Waals surface area contributed by atoms with Crippen LogP contribution in [0.2, 0.25) is 0 Å². The molecule has 2 N–H and O–H groups in total. The highest BCUT2D eigenvalue weighted by Crippen LogP contribution is 2.16. The molecule has 0 saturated heterocycles. The number of benzene rings is 1. The lowest BCUT2D eigenvalue weighted by Gasteiger charge is -2.05. The first-order valence-corrected chi connectivity index (χ1v) is 5.51. The summed E-state index contributed by atoms with van der Waals surface area (Å²) in [5, 5.41) is 0. The maximum atomic E-state index is 2.25. The van der Waals surface area contributed by atoms with Crippen LogP contribution >= 0.6 is 0 Å². The average Bonchev–Trinajstić information content (AvgIpc) is 2.32. The number of rotatable bonds is 3. The van der Waals surface area contributed by atoms with Crippen LogP contribution in [0.1, 0.15) is 24.8 Å². The van der Waals surface area contributed by atoms with Crippen LogP contribution in [-0.4, -0.2) is 5.48 Å². The van der Waals surface area contributed by atoms with Gasteiger partial charge in [0, 0.05) is 0 Å². The van der Waals surface area contributed by atoms with Gasteiger partial charge in [-0.25, -0.2) is 0 Å². The molecule has 1 aliphatic carbocycles. The minimum atomic E-state index is 0. The molecule has 1 aromatic carbocycles. The Morgan fingerprint density at radius 3 is 2.62 bits per heavy atom. The molecule has 1 nitrogen and oxygen atoms in total. The first kappa shape index (κ1) is 12.5. The van der Waals surface area contributed by atoms with Crippen molar-refractivity contribution in [1.82, 2.24) is 0 Å². The first-order valence-electron chi connectivity index (χ1n) is 5.51. The fraction of sp³-hybridized carbons (Fsp3) is 0.200. The predicted octanol–water partition coefficient (Wildman–Crippen LogP) is 3.54. The molecule has 0 saturated carbocycles. The van der Waals surface area contributed by atoms with E-state index in [-0.39, 0.29) is 5.48 Å². The molecular formula is C15H18O. The SMILES string of the molecule is C1=CCCC(C/C=C/c2ccccc2)=C1.O. The second-order valence-electron chi connectivity index (χ2n) is 3.81. The molecule has 16 heavy (non-hydrogen) atoms. The molecule has 1 aromatic rings. The van der Waals surface area contributed by atoms with Crippen LogP contribution in [-0.2, 0) is 0 Å². The van der Waals surface area contributed by atoms with Crippen LogP contribution in [0.4, 0.5) is 0 Å². The Balaban J connectivity index is 0.00000128. The van der Waals surface area contributed by atoms with Gasteiger partial charge in [-0.1, -0.05) is 66.3 Å². The van der Waals surface area contributed by atoms with Crippen LogP contribution in [0.3, 0.4) is 0 Å². The van der Waals surface area contributed by atoms with Gasteiger partial charge in [-0.15, -0.1) is 0 Å². The second-order valence-corrected chi connectivity index (χ2v) is 3.81. The topological polar surface area (TPSA) is 31.5 Å². The highest BCUT2D eigenvalue weighted by atomic mass is 16.0. The zero-order chi connectivity index (χ0) is 10.3. The van der Waals surface area contributed by atoms with Crippen LogP contribution in [0, 0.1) is 0 Å². The molecule has 84 valence electrons. The van der Waals surface area contributed by atoms with Crippen LogP contribution in [0.15, 0.2) is 60.2 Å². The van der Waals surface area contributed by atoms with E-state index < -0.39 is 0 Å². The lowest BCUT2D eigenvalue weighted by molar-refractivity contribution is 0.824. The van der Waals surface area contributed by atoms with Crippen LogP contribution in [0.25, 0.3) is 6.08 Å². The zero-order valence-electron chi connectivity index (χ0n) is 9.39. The van der Waals surface area contributed by atoms with Crippen molar-refractivity contribution in [2.24, 2.45) is 0 Å². The maximum absolute atomic E-state index is 2.25. The maximum Gasteiger partial charge on any atom is -0.0132 e. The van der Waals surface area contributed by atoms with Crippen molar-refractivity contribution in [3.63, 3.8) is 0 Å². The fourth-order valence-corrected chi connectivity index (χ4v) is 1.73. The van der Waals surface area contributed by atoms with Crippen LogP contribution in [0.5, 0.6) is 0 Å².